The number of fused-ring (bicyclic) bond motifs is 6. The highest BCUT2D eigenvalue weighted by Crippen LogP contribution is 2.43. The first-order valence-electron chi connectivity index (χ1n) is 17.3. The van der Waals surface area contributed by atoms with Gasteiger partial charge in [-0.2, -0.15) is 9.97 Å². The molecule has 9 nitrogen and oxygen atoms in total. The van der Waals surface area contributed by atoms with Crippen molar-refractivity contribution in [2.75, 3.05) is 38.3 Å². The number of aromatic hydroxyl groups is 1. The van der Waals surface area contributed by atoms with Gasteiger partial charge >= 0.3 is 6.01 Å². The highest BCUT2D eigenvalue weighted by molar-refractivity contribution is 6.04. The summed E-state index contributed by atoms with van der Waals surface area (Å²) in [6.07, 6.45) is 6.31. The van der Waals surface area contributed by atoms with Crippen LogP contribution in [0.2, 0.25) is 0 Å². The van der Waals surface area contributed by atoms with Crippen molar-refractivity contribution in [3.63, 3.8) is 0 Å². The molecule has 5 heterocycles. The first-order chi connectivity index (χ1) is 23.3. The van der Waals surface area contributed by atoms with E-state index < -0.39 is 17.7 Å². The van der Waals surface area contributed by atoms with Gasteiger partial charge in [0.25, 0.3) is 0 Å². The number of aliphatic hydroxyl groups is 1. The second kappa shape index (κ2) is 12.7. The third kappa shape index (κ3) is 5.54. The molecule has 3 N–H and O–H groups in total. The van der Waals surface area contributed by atoms with Crippen LogP contribution in [0.3, 0.4) is 0 Å². The molecule has 48 heavy (non-hydrogen) atoms. The number of phenols is 1. The third-order valence-electron chi connectivity index (χ3n) is 11.1. The summed E-state index contributed by atoms with van der Waals surface area (Å²) in [6.45, 7) is 3.68. The van der Waals surface area contributed by atoms with E-state index in [1.54, 1.807) is 19.2 Å². The largest absolute Gasteiger partial charge is 0.507 e. The molecule has 254 valence electrons. The number of aromatic nitrogens is 2. The Morgan fingerprint density at radius 3 is 2.42 bits per heavy atom. The van der Waals surface area contributed by atoms with Crippen molar-refractivity contribution >= 4 is 27.5 Å². The summed E-state index contributed by atoms with van der Waals surface area (Å²) >= 11 is 0. The zero-order valence-electron chi connectivity index (χ0n) is 27.5. The highest BCUT2D eigenvalue weighted by atomic mass is 19.1. The van der Waals surface area contributed by atoms with Crippen LogP contribution in [0, 0.1) is 11.6 Å². The van der Waals surface area contributed by atoms with Gasteiger partial charge < -0.3 is 29.9 Å². The molecule has 4 bridgehead atoms. The van der Waals surface area contributed by atoms with Gasteiger partial charge in [-0.05, 0) is 73.4 Å². The fourth-order valence-corrected chi connectivity index (χ4v) is 8.83. The van der Waals surface area contributed by atoms with Gasteiger partial charge in [-0.1, -0.05) is 31.2 Å². The molecule has 3 aromatic carbocycles. The van der Waals surface area contributed by atoms with Crippen LogP contribution < -0.4 is 15.0 Å². The van der Waals surface area contributed by atoms with Gasteiger partial charge in [0.05, 0.1) is 11.7 Å². The lowest BCUT2D eigenvalue weighted by Gasteiger charge is -2.39. The number of nitrogens with one attached hydrogen (secondary N) is 1. The fourth-order valence-electron chi connectivity index (χ4n) is 8.83. The number of methoxy groups -OCH3 is 1. The van der Waals surface area contributed by atoms with Crippen molar-refractivity contribution in [1.82, 2.24) is 20.2 Å². The molecule has 8 rings (SSSR count). The normalized spacial score (nSPS) is 26.1. The van der Waals surface area contributed by atoms with Crippen LogP contribution in [-0.4, -0.2) is 94.8 Å². The SMILES string of the molecule is CCc1cccc2c(-c3c(F)cc4c(N5C[C@H]6CC[C@@H](C5)N6)nc(OC[C@H](O)CN5[C@@H]6CC[C@H]5CC(OC)C6)nc4c3F)c(O)ccc12. The van der Waals surface area contributed by atoms with E-state index in [-0.39, 0.29) is 58.6 Å². The van der Waals surface area contributed by atoms with Gasteiger partial charge in [0.2, 0.25) is 0 Å². The molecule has 6 atom stereocenters. The van der Waals surface area contributed by atoms with Gasteiger partial charge in [0, 0.05) is 61.9 Å². The Balaban J connectivity index is 1.17. The van der Waals surface area contributed by atoms with Crippen LogP contribution in [-0.2, 0) is 11.2 Å². The average Bonchev–Trinajstić information content (AvgIpc) is 3.54. The fraction of sp³-hybridized carbons (Fsp3) is 0.514. The predicted molar refractivity (Wildman–Crippen MR) is 181 cm³/mol. The Labute approximate surface area is 278 Å². The van der Waals surface area contributed by atoms with Crippen molar-refractivity contribution in [3.05, 3.63) is 53.6 Å². The van der Waals surface area contributed by atoms with E-state index in [2.05, 4.69) is 20.1 Å². The second-order valence-corrected chi connectivity index (χ2v) is 14.0. The maximum Gasteiger partial charge on any atom is 0.319 e. The van der Waals surface area contributed by atoms with Gasteiger partial charge in [0.1, 0.15) is 35.6 Å². The van der Waals surface area contributed by atoms with Gasteiger partial charge in [-0.15, -0.1) is 0 Å². The minimum absolute atomic E-state index is 0.0685. The topological polar surface area (TPSA) is 103 Å². The molecular weight excluding hydrogens is 616 g/mol. The molecule has 4 aliphatic heterocycles. The average molecular weight is 660 g/mol. The zero-order chi connectivity index (χ0) is 33.1. The van der Waals surface area contributed by atoms with E-state index in [1.807, 2.05) is 19.1 Å². The van der Waals surface area contributed by atoms with Crippen LogP contribution in [0.1, 0.15) is 51.0 Å². The van der Waals surface area contributed by atoms with Crippen LogP contribution >= 0.6 is 0 Å². The number of aliphatic hydroxyl groups excluding tert-OH is 1. The van der Waals surface area contributed by atoms with Crippen LogP contribution in [0.4, 0.5) is 14.6 Å². The van der Waals surface area contributed by atoms with Crippen molar-refractivity contribution in [2.24, 2.45) is 0 Å². The first kappa shape index (κ1) is 31.6. The summed E-state index contributed by atoms with van der Waals surface area (Å²) in [5.74, 6) is -1.51. The van der Waals surface area contributed by atoms with Gasteiger partial charge in [0.15, 0.2) is 5.82 Å². The van der Waals surface area contributed by atoms with Crippen molar-refractivity contribution in [3.8, 4) is 22.9 Å². The quantitative estimate of drug-likeness (QED) is 0.220. The Bertz CT molecular complexity index is 1830. The molecule has 0 amide bonds. The molecule has 0 aliphatic carbocycles. The summed E-state index contributed by atoms with van der Waals surface area (Å²) in [6, 6.07) is 11.3. The number of aryl methyl sites for hydroxylation is 1. The Morgan fingerprint density at radius 2 is 1.71 bits per heavy atom. The lowest BCUT2D eigenvalue weighted by atomic mass is 9.92. The Kier molecular flexibility index (Phi) is 8.35. The predicted octanol–water partition coefficient (Wildman–Crippen LogP) is 5.32. The standard InChI is InChI=1S/C37H43F2N5O4/c1-3-20-5-4-6-28-27(20)11-12-31(46)32(28)33-30(38)15-29-35(34(33)39)41-37(42-36(29)43-16-21-7-8-22(17-43)40-21)48-19-25(45)18-44-23-9-10-24(44)14-26(13-23)47-2/h4-6,11-12,15,21-26,40,45-46H,3,7-10,13-14,16-19H2,1-2H3/t21-,22+,23-,24+,25-,26?/m1/s1. The van der Waals surface area contributed by atoms with E-state index in [0.29, 0.717) is 42.9 Å². The summed E-state index contributed by atoms with van der Waals surface area (Å²) in [5.41, 5.74) is 0.669. The van der Waals surface area contributed by atoms with Crippen molar-refractivity contribution in [2.45, 2.75) is 88.2 Å². The van der Waals surface area contributed by atoms with E-state index in [9.17, 15) is 10.2 Å². The molecule has 0 saturated carbocycles. The summed E-state index contributed by atoms with van der Waals surface area (Å²) in [5, 5.41) is 27.3. The molecule has 1 aromatic heterocycles. The number of ether oxygens (including phenoxy) is 2. The number of phenolic OH excluding ortho intramolecular Hbond substituents is 1. The van der Waals surface area contributed by atoms with Crippen LogP contribution in [0.5, 0.6) is 11.8 Å². The molecule has 4 saturated heterocycles. The molecule has 11 heteroatoms. The van der Waals surface area contributed by atoms with E-state index >= 15 is 8.78 Å². The number of hydrogen-bond donors (Lipinski definition) is 3. The number of rotatable bonds is 9. The van der Waals surface area contributed by atoms with Crippen molar-refractivity contribution in [1.29, 1.82) is 0 Å². The van der Waals surface area contributed by atoms with Gasteiger partial charge in [-0.25, -0.2) is 8.78 Å². The van der Waals surface area contributed by atoms with E-state index in [0.717, 1.165) is 55.9 Å². The van der Waals surface area contributed by atoms with E-state index in [4.69, 9.17) is 14.5 Å². The maximum absolute atomic E-state index is 16.9. The Morgan fingerprint density at radius 1 is 0.958 bits per heavy atom. The summed E-state index contributed by atoms with van der Waals surface area (Å²) < 4.78 is 44.8. The van der Waals surface area contributed by atoms with E-state index in [1.165, 1.54) is 12.1 Å². The summed E-state index contributed by atoms with van der Waals surface area (Å²) in [7, 11) is 1.76. The highest BCUT2D eigenvalue weighted by Gasteiger charge is 2.41. The third-order valence-corrected chi connectivity index (χ3v) is 11.1. The molecule has 1 unspecified atom stereocenters. The lowest BCUT2D eigenvalue weighted by Crippen LogP contribution is -2.51. The Hall–Kier alpha value is -3.64. The number of halogens is 2. The molecule has 4 aromatic rings. The van der Waals surface area contributed by atoms with Crippen LogP contribution in [0.15, 0.2) is 36.4 Å². The lowest BCUT2D eigenvalue weighted by molar-refractivity contribution is -0.0190. The number of piperazine rings is 1. The molecule has 0 radical (unpaired) electrons. The van der Waals surface area contributed by atoms with Crippen molar-refractivity contribution < 1.29 is 28.5 Å². The zero-order valence-corrected chi connectivity index (χ0v) is 27.5. The number of anilines is 1. The number of piperidine rings is 1. The number of hydrogen-bond acceptors (Lipinski definition) is 9. The molecular formula is C37H43F2N5O4. The minimum atomic E-state index is -0.889. The number of nitrogens with zero attached hydrogens (tertiary/aromatic N) is 4. The number of benzene rings is 3. The molecule has 4 fully saturated rings. The maximum atomic E-state index is 16.9. The summed E-state index contributed by atoms with van der Waals surface area (Å²) in [4.78, 5) is 13.6. The minimum Gasteiger partial charge on any atom is -0.507 e. The molecule has 0 spiro atoms. The van der Waals surface area contributed by atoms with Crippen LogP contribution in [0.25, 0.3) is 32.8 Å². The first-order valence-corrected chi connectivity index (χ1v) is 17.3. The monoisotopic (exact) mass is 659 g/mol. The molecule has 4 aliphatic rings. The second-order valence-electron chi connectivity index (χ2n) is 14.0. The van der Waals surface area contributed by atoms with Gasteiger partial charge in [-0.3, -0.25) is 4.90 Å². The smallest absolute Gasteiger partial charge is 0.319 e.